The van der Waals surface area contributed by atoms with Crippen LogP contribution in [0.2, 0.25) is 0 Å². The first-order valence-electron chi connectivity index (χ1n) is 9.56. The van der Waals surface area contributed by atoms with E-state index in [9.17, 15) is 14.9 Å². The van der Waals surface area contributed by atoms with Gasteiger partial charge in [-0.15, -0.1) is 11.3 Å². The highest BCUT2D eigenvalue weighted by Crippen LogP contribution is 2.35. The fourth-order valence-corrected chi connectivity index (χ4v) is 5.05. The summed E-state index contributed by atoms with van der Waals surface area (Å²) >= 11 is 2.52. The number of nitrogens with zero attached hydrogens (tertiary/aromatic N) is 4. The van der Waals surface area contributed by atoms with Crippen molar-refractivity contribution in [2.24, 2.45) is 5.10 Å². The standard InChI is InChI=1S/C22H14N4O5S2/c1-30-15-5-6-17-19(11-15)33-22(24-17)25(23-12-16-3-2-8-31-16)21(27)20-10-13-9-14(26(28)29)4-7-18(13)32-20/h2-12H,1H3/b23-12+. The first kappa shape index (κ1) is 20.8. The molecule has 5 aromatic rings. The maximum Gasteiger partial charge on any atom is 0.290 e. The van der Waals surface area contributed by atoms with Crippen LogP contribution in [-0.4, -0.2) is 29.1 Å². The number of carbonyl (C=O) groups excluding carboxylic acids is 1. The Labute approximate surface area is 194 Å². The Kier molecular flexibility index (Phi) is 5.32. The van der Waals surface area contributed by atoms with Gasteiger partial charge in [0.15, 0.2) is 0 Å². The number of thiazole rings is 1. The maximum absolute atomic E-state index is 13.5. The monoisotopic (exact) mass is 478 g/mol. The van der Waals surface area contributed by atoms with Crippen molar-refractivity contribution in [2.45, 2.75) is 0 Å². The molecule has 0 aliphatic rings. The third-order valence-electron chi connectivity index (χ3n) is 4.72. The zero-order chi connectivity index (χ0) is 22.9. The van der Waals surface area contributed by atoms with Gasteiger partial charge in [-0.1, -0.05) is 11.3 Å². The highest BCUT2D eigenvalue weighted by molar-refractivity contribution is 7.23. The molecule has 0 spiro atoms. The number of nitro groups is 1. The van der Waals surface area contributed by atoms with E-state index < -0.39 is 10.8 Å². The van der Waals surface area contributed by atoms with E-state index in [2.05, 4.69) is 10.1 Å². The average Bonchev–Trinajstić information content (AvgIpc) is 3.56. The van der Waals surface area contributed by atoms with Gasteiger partial charge in [0.1, 0.15) is 11.5 Å². The van der Waals surface area contributed by atoms with Gasteiger partial charge in [0.05, 0.1) is 39.6 Å². The molecular weight excluding hydrogens is 464 g/mol. The number of thiophene rings is 1. The van der Waals surface area contributed by atoms with Crippen molar-refractivity contribution in [1.82, 2.24) is 4.98 Å². The summed E-state index contributed by atoms with van der Waals surface area (Å²) in [7, 11) is 1.58. The Morgan fingerprint density at radius 3 is 2.82 bits per heavy atom. The zero-order valence-electron chi connectivity index (χ0n) is 17.0. The number of fused-ring (bicyclic) bond motifs is 2. The quantitative estimate of drug-likeness (QED) is 0.176. The van der Waals surface area contributed by atoms with E-state index in [1.807, 2.05) is 12.1 Å². The summed E-state index contributed by atoms with van der Waals surface area (Å²) in [6.07, 6.45) is 2.94. The largest absolute Gasteiger partial charge is 0.497 e. The normalized spacial score (nSPS) is 11.4. The highest BCUT2D eigenvalue weighted by atomic mass is 32.1. The second-order valence-electron chi connectivity index (χ2n) is 6.80. The summed E-state index contributed by atoms with van der Waals surface area (Å²) in [5.41, 5.74) is 0.667. The van der Waals surface area contributed by atoms with Gasteiger partial charge in [0.2, 0.25) is 5.13 Å². The van der Waals surface area contributed by atoms with E-state index in [-0.39, 0.29) is 5.69 Å². The maximum atomic E-state index is 13.5. The van der Waals surface area contributed by atoms with Gasteiger partial charge in [-0.05, 0) is 42.5 Å². The predicted molar refractivity (Wildman–Crippen MR) is 128 cm³/mol. The van der Waals surface area contributed by atoms with Gasteiger partial charge in [-0.25, -0.2) is 4.98 Å². The molecule has 3 aromatic heterocycles. The smallest absolute Gasteiger partial charge is 0.290 e. The Hall–Kier alpha value is -4.09. The van der Waals surface area contributed by atoms with E-state index in [0.29, 0.717) is 32.4 Å². The van der Waals surface area contributed by atoms with Crippen molar-refractivity contribution >= 4 is 65.9 Å². The summed E-state index contributed by atoms with van der Waals surface area (Å²) in [6.45, 7) is 0. The lowest BCUT2D eigenvalue weighted by Crippen LogP contribution is -2.24. The van der Waals surface area contributed by atoms with E-state index in [0.717, 1.165) is 9.40 Å². The molecule has 0 saturated carbocycles. The number of amides is 1. The van der Waals surface area contributed by atoms with Gasteiger partial charge in [0, 0.05) is 22.2 Å². The van der Waals surface area contributed by atoms with Crippen LogP contribution in [0, 0.1) is 10.1 Å². The molecule has 5 rings (SSSR count). The van der Waals surface area contributed by atoms with Crippen molar-refractivity contribution in [3.63, 3.8) is 0 Å². The Morgan fingerprint density at radius 2 is 2.06 bits per heavy atom. The molecule has 1 amide bonds. The number of hydrogen-bond donors (Lipinski definition) is 0. The summed E-state index contributed by atoms with van der Waals surface area (Å²) < 4.78 is 12.2. The summed E-state index contributed by atoms with van der Waals surface area (Å²) in [6, 6.07) is 15.0. The van der Waals surface area contributed by atoms with Crippen molar-refractivity contribution in [3.05, 3.63) is 81.6 Å². The number of non-ortho nitro benzene ring substituents is 1. The second-order valence-corrected chi connectivity index (χ2v) is 8.89. The number of methoxy groups -OCH3 is 1. The second kappa shape index (κ2) is 8.45. The molecule has 9 nitrogen and oxygen atoms in total. The molecule has 0 fully saturated rings. The molecule has 0 bridgehead atoms. The summed E-state index contributed by atoms with van der Waals surface area (Å²) in [5.74, 6) is 0.746. The molecule has 164 valence electrons. The van der Waals surface area contributed by atoms with Crippen LogP contribution >= 0.6 is 22.7 Å². The lowest BCUT2D eigenvalue weighted by molar-refractivity contribution is -0.384. The van der Waals surface area contributed by atoms with Crippen LogP contribution in [-0.2, 0) is 0 Å². The van der Waals surface area contributed by atoms with Crippen molar-refractivity contribution < 1.29 is 18.9 Å². The Bertz CT molecular complexity index is 1520. The zero-order valence-corrected chi connectivity index (χ0v) is 18.6. The number of hydrazone groups is 1. The average molecular weight is 479 g/mol. The SMILES string of the molecule is COc1ccc2nc(N(/N=C/c3ccco3)C(=O)c3cc4cc([N+](=O)[O-])ccc4s3)sc2c1. The first-order valence-corrected chi connectivity index (χ1v) is 11.2. The molecular formula is C22H14N4O5S2. The van der Waals surface area contributed by atoms with Crippen LogP contribution in [0.25, 0.3) is 20.3 Å². The Morgan fingerprint density at radius 1 is 1.18 bits per heavy atom. The van der Waals surface area contributed by atoms with Crippen LogP contribution in [0.1, 0.15) is 15.4 Å². The van der Waals surface area contributed by atoms with Gasteiger partial charge in [-0.2, -0.15) is 10.1 Å². The topological polar surface area (TPSA) is 111 Å². The van der Waals surface area contributed by atoms with Gasteiger partial charge >= 0.3 is 0 Å². The molecule has 0 N–H and O–H groups in total. The lowest BCUT2D eigenvalue weighted by atomic mass is 10.2. The van der Waals surface area contributed by atoms with Gasteiger partial charge < -0.3 is 9.15 Å². The minimum absolute atomic E-state index is 0.0351. The van der Waals surface area contributed by atoms with E-state index in [1.165, 1.54) is 52.3 Å². The summed E-state index contributed by atoms with van der Waals surface area (Å²) in [4.78, 5) is 29.1. The third-order valence-corrected chi connectivity index (χ3v) is 6.82. The van der Waals surface area contributed by atoms with Crippen LogP contribution < -0.4 is 9.75 Å². The van der Waals surface area contributed by atoms with Crippen molar-refractivity contribution in [2.75, 3.05) is 12.1 Å². The fourth-order valence-electron chi connectivity index (χ4n) is 3.13. The Balaban J connectivity index is 1.57. The fraction of sp³-hybridized carbons (Fsp3) is 0.0455. The number of ether oxygens (including phenoxy) is 1. The predicted octanol–water partition coefficient (Wildman–Crippen LogP) is 5.70. The van der Waals surface area contributed by atoms with Crippen molar-refractivity contribution in [3.8, 4) is 5.75 Å². The minimum atomic E-state index is -0.464. The number of benzene rings is 2. The number of furan rings is 1. The molecule has 2 aromatic carbocycles. The number of carbonyl (C=O) groups is 1. The molecule has 0 aliphatic carbocycles. The van der Waals surface area contributed by atoms with Gasteiger partial charge in [-0.3, -0.25) is 14.9 Å². The number of hydrogen-bond acceptors (Lipinski definition) is 9. The van der Waals surface area contributed by atoms with Crippen molar-refractivity contribution in [1.29, 1.82) is 0 Å². The number of anilines is 1. The first-order chi connectivity index (χ1) is 16.0. The molecule has 0 aliphatic heterocycles. The molecule has 0 saturated heterocycles. The number of rotatable bonds is 6. The lowest BCUT2D eigenvalue weighted by Gasteiger charge is -2.12. The molecule has 3 heterocycles. The number of aromatic nitrogens is 1. The molecule has 11 heteroatoms. The molecule has 0 radical (unpaired) electrons. The van der Waals surface area contributed by atoms with Crippen LogP contribution in [0.4, 0.5) is 10.8 Å². The highest BCUT2D eigenvalue weighted by Gasteiger charge is 2.24. The van der Waals surface area contributed by atoms with E-state index >= 15 is 0 Å². The number of nitro benzene ring substituents is 1. The van der Waals surface area contributed by atoms with E-state index in [1.54, 1.807) is 37.4 Å². The minimum Gasteiger partial charge on any atom is -0.497 e. The van der Waals surface area contributed by atoms with Crippen LogP contribution in [0.3, 0.4) is 0 Å². The van der Waals surface area contributed by atoms with Gasteiger partial charge in [0.25, 0.3) is 11.6 Å². The molecule has 33 heavy (non-hydrogen) atoms. The van der Waals surface area contributed by atoms with E-state index in [4.69, 9.17) is 9.15 Å². The van der Waals surface area contributed by atoms with Crippen LogP contribution in [0.5, 0.6) is 5.75 Å². The van der Waals surface area contributed by atoms with Crippen LogP contribution in [0.15, 0.2) is 70.4 Å². The molecule has 0 atom stereocenters. The summed E-state index contributed by atoms with van der Waals surface area (Å²) in [5, 5.41) is 17.6. The molecule has 0 unspecified atom stereocenters. The third kappa shape index (κ3) is 4.06.